The van der Waals surface area contributed by atoms with Gasteiger partial charge in [0.1, 0.15) is 11.6 Å². The highest BCUT2D eigenvalue weighted by molar-refractivity contribution is 9.10. The van der Waals surface area contributed by atoms with Crippen molar-refractivity contribution in [2.75, 3.05) is 10.6 Å². The van der Waals surface area contributed by atoms with Gasteiger partial charge in [0.2, 0.25) is 0 Å². The summed E-state index contributed by atoms with van der Waals surface area (Å²) in [5, 5.41) is 15.5. The van der Waals surface area contributed by atoms with E-state index < -0.39 is 5.91 Å². The third kappa shape index (κ3) is 4.75. The van der Waals surface area contributed by atoms with Crippen LogP contribution in [0.1, 0.15) is 5.56 Å². The van der Waals surface area contributed by atoms with Crippen LogP contribution in [0.3, 0.4) is 0 Å². The average Bonchev–Trinajstić information content (AvgIpc) is 2.53. The maximum absolute atomic E-state index is 12.2. The summed E-state index contributed by atoms with van der Waals surface area (Å²) in [5.41, 5.74) is 2.07. The first-order valence-electron chi connectivity index (χ1n) is 6.80. The molecule has 0 aromatic heterocycles. The molecule has 0 aliphatic rings. The lowest BCUT2D eigenvalue weighted by molar-refractivity contribution is -0.112. The Morgan fingerprint density at radius 1 is 1.21 bits per heavy atom. The minimum Gasteiger partial charge on any atom is -0.359 e. The van der Waals surface area contributed by atoms with Gasteiger partial charge in [0.05, 0.1) is 16.4 Å². The third-order valence-electron chi connectivity index (χ3n) is 3.04. The molecule has 0 heterocycles. The molecule has 0 bridgehead atoms. The van der Waals surface area contributed by atoms with Crippen molar-refractivity contribution in [3.8, 4) is 6.07 Å². The summed E-state index contributed by atoms with van der Waals surface area (Å²) >= 11 is 15.3. The van der Waals surface area contributed by atoms with Crippen molar-refractivity contribution < 1.29 is 4.79 Å². The van der Waals surface area contributed by atoms with E-state index in [0.29, 0.717) is 15.7 Å². The second kappa shape index (κ2) is 8.20. The first-order valence-corrected chi connectivity index (χ1v) is 8.35. The molecule has 0 saturated carbocycles. The highest BCUT2D eigenvalue weighted by Gasteiger charge is 2.12. The maximum Gasteiger partial charge on any atom is 0.267 e. The number of hydrogen-bond acceptors (Lipinski definition) is 3. The molecular weight excluding hydrogens is 413 g/mol. The van der Waals surface area contributed by atoms with Crippen LogP contribution in [0.4, 0.5) is 11.4 Å². The van der Waals surface area contributed by atoms with E-state index in [1.165, 1.54) is 12.3 Å². The van der Waals surface area contributed by atoms with Crippen molar-refractivity contribution in [1.82, 2.24) is 0 Å². The summed E-state index contributed by atoms with van der Waals surface area (Å²) in [6.45, 7) is 1.97. The number of amides is 1. The van der Waals surface area contributed by atoms with Gasteiger partial charge in [0.15, 0.2) is 0 Å². The summed E-state index contributed by atoms with van der Waals surface area (Å²) in [5.74, 6) is -0.586. The summed E-state index contributed by atoms with van der Waals surface area (Å²) in [4.78, 5) is 12.2. The molecule has 7 heteroatoms. The van der Waals surface area contributed by atoms with Crippen molar-refractivity contribution in [2.24, 2.45) is 0 Å². The Hall–Kier alpha value is -2.00. The number of halogens is 3. The van der Waals surface area contributed by atoms with Crippen molar-refractivity contribution >= 4 is 56.4 Å². The van der Waals surface area contributed by atoms with Gasteiger partial charge in [-0.05, 0) is 58.7 Å². The van der Waals surface area contributed by atoms with Crippen LogP contribution in [-0.4, -0.2) is 5.91 Å². The van der Waals surface area contributed by atoms with Gasteiger partial charge in [0, 0.05) is 15.7 Å². The normalized spacial score (nSPS) is 10.9. The SMILES string of the molecule is Cc1ccc(N/C=C(/C#N)C(=O)Nc2cc(Cl)ccc2Cl)c(Br)c1. The largest absolute Gasteiger partial charge is 0.359 e. The smallest absolute Gasteiger partial charge is 0.267 e. The van der Waals surface area contributed by atoms with Gasteiger partial charge in [-0.3, -0.25) is 4.79 Å². The van der Waals surface area contributed by atoms with Crippen molar-refractivity contribution in [3.63, 3.8) is 0 Å². The Balaban J connectivity index is 2.16. The lowest BCUT2D eigenvalue weighted by Gasteiger charge is -2.08. The monoisotopic (exact) mass is 423 g/mol. The van der Waals surface area contributed by atoms with Gasteiger partial charge in [-0.25, -0.2) is 0 Å². The number of hydrogen-bond donors (Lipinski definition) is 2. The minimum atomic E-state index is -0.586. The molecule has 0 saturated heterocycles. The van der Waals surface area contributed by atoms with Crippen LogP contribution in [0, 0.1) is 18.3 Å². The second-order valence-corrected chi connectivity index (χ2v) is 6.57. The number of benzene rings is 2. The fourth-order valence-electron chi connectivity index (χ4n) is 1.82. The van der Waals surface area contributed by atoms with Crippen LogP contribution in [0.2, 0.25) is 10.0 Å². The molecule has 0 fully saturated rings. The van der Waals surface area contributed by atoms with E-state index in [1.807, 2.05) is 31.2 Å². The van der Waals surface area contributed by atoms with Crippen molar-refractivity contribution in [2.45, 2.75) is 6.92 Å². The Morgan fingerprint density at radius 3 is 2.62 bits per heavy atom. The second-order valence-electron chi connectivity index (χ2n) is 4.88. The van der Waals surface area contributed by atoms with Crippen LogP contribution < -0.4 is 10.6 Å². The molecule has 4 nitrogen and oxygen atoms in total. The molecule has 122 valence electrons. The number of nitriles is 1. The Labute approximate surface area is 158 Å². The zero-order valence-corrected chi connectivity index (χ0v) is 15.6. The van der Waals surface area contributed by atoms with E-state index in [2.05, 4.69) is 26.6 Å². The molecule has 0 aliphatic carbocycles. The average molecular weight is 425 g/mol. The molecule has 2 aromatic carbocycles. The van der Waals surface area contributed by atoms with E-state index in [-0.39, 0.29) is 5.57 Å². The molecule has 0 aliphatic heterocycles. The van der Waals surface area contributed by atoms with Crippen LogP contribution in [0.25, 0.3) is 0 Å². The zero-order chi connectivity index (χ0) is 17.7. The van der Waals surface area contributed by atoms with Gasteiger partial charge < -0.3 is 10.6 Å². The van der Waals surface area contributed by atoms with Crippen LogP contribution in [-0.2, 0) is 4.79 Å². The van der Waals surface area contributed by atoms with E-state index in [0.717, 1.165) is 15.7 Å². The van der Waals surface area contributed by atoms with Crippen LogP contribution in [0.15, 0.2) is 52.6 Å². The highest BCUT2D eigenvalue weighted by Crippen LogP contribution is 2.26. The fraction of sp³-hybridized carbons (Fsp3) is 0.0588. The molecule has 2 N–H and O–H groups in total. The molecule has 2 rings (SSSR count). The molecule has 0 unspecified atom stereocenters. The molecule has 0 radical (unpaired) electrons. The predicted molar refractivity (Wildman–Crippen MR) is 101 cm³/mol. The number of carbonyl (C=O) groups excluding carboxylic acids is 1. The van der Waals surface area contributed by atoms with Crippen molar-refractivity contribution in [1.29, 1.82) is 5.26 Å². The highest BCUT2D eigenvalue weighted by atomic mass is 79.9. The van der Waals surface area contributed by atoms with Crippen LogP contribution >= 0.6 is 39.1 Å². The van der Waals surface area contributed by atoms with Gasteiger partial charge in [-0.1, -0.05) is 29.3 Å². The number of nitrogens with one attached hydrogen (secondary N) is 2. The fourth-order valence-corrected chi connectivity index (χ4v) is 2.76. The Morgan fingerprint density at radius 2 is 1.96 bits per heavy atom. The third-order valence-corrected chi connectivity index (χ3v) is 4.26. The molecule has 1 amide bonds. The van der Waals surface area contributed by atoms with Gasteiger partial charge in [-0.15, -0.1) is 0 Å². The first kappa shape index (κ1) is 18.3. The number of aryl methyl sites for hydroxylation is 1. The van der Waals surface area contributed by atoms with Gasteiger partial charge >= 0.3 is 0 Å². The molecule has 0 spiro atoms. The number of carbonyl (C=O) groups is 1. The Kier molecular flexibility index (Phi) is 6.27. The van der Waals surface area contributed by atoms with E-state index in [9.17, 15) is 10.1 Å². The topological polar surface area (TPSA) is 64.9 Å². The molecule has 2 aromatic rings. The van der Waals surface area contributed by atoms with Crippen molar-refractivity contribution in [3.05, 3.63) is 68.3 Å². The van der Waals surface area contributed by atoms with Crippen LogP contribution in [0.5, 0.6) is 0 Å². The predicted octanol–water partition coefficient (Wildman–Crippen LogP) is 5.52. The summed E-state index contributed by atoms with van der Waals surface area (Å²) in [7, 11) is 0. The first-order chi connectivity index (χ1) is 11.4. The Bertz CT molecular complexity index is 859. The van der Waals surface area contributed by atoms with E-state index in [4.69, 9.17) is 23.2 Å². The molecule has 0 atom stereocenters. The van der Waals surface area contributed by atoms with E-state index in [1.54, 1.807) is 12.1 Å². The standard InChI is InChI=1S/C17H12BrCl2N3O/c1-10-2-5-15(13(18)6-10)22-9-11(8-21)17(24)23-16-7-12(19)3-4-14(16)20/h2-7,9,22H,1H3,(H,23,24)/b11-9-. The summed E-state index contributed by atoms with van der Waals surface area (Å²) in [6.07, 6.45) is 1.34. The van der Waals surface area contributed by atoms with Gasteiger partial charge in [-0.2, -0.15) is 5.26 Å². The summed E-state index contributed by atoms with van der Waals surface area (Å²) < 4.78 is 0.828. The number of anilines is 2. The number of nitrogens with zero attached hydrogens (tertiary/aromatic N) is 1. The maximum atomic E-state index is 12.2. The lowest BCUT2D eigenvalue weighted by Crippen LogP contribution is -2.15. The van der Waals surface area contributed by atoms with E-state index >= 15 is 0 Å². The number of rotatable bonds is 4. The van der Waals surface area contributed by atoms with Gasteiger partial charge in [0.25, 0.3) is 5.91 Å². The quantitative estimate of drug-likeness (QED) is 0.501. The summed E-state index contributed by atoms with van der Waals surface area (Å²) in [6, 6.07) is 12.2. The zero-order valence-electron chi connectivity index (χ0n) is 12.5. The lowest BCUT2D eigenvalue weighted by atomic mass is 10.2. The molecule has 24 heavy (non-hydrogen) atoms. The minimum absolute atomic E-state index is 0.0986. The molecular formula is C17H12BrCl2N3O.